The van der Waals surface area contributed by atoms with Crippen molar-refractivity contribution in [3.8, 4) is 28.6 Å². The maximum absolute atomic E-state index is 13.0. The van der Waals surface area contributed by atoms with Crippen molar-refractivity contribution in [2.45, 2.75) is 19.4 Å². The Morgan fingerprint density at radius 3 is 2.32 bits per heavy atom. The van der Waals surface area contributed by atoms with Crippen molar-refractivity contribution in [1.29, 1.82) is 0 Å². The Hall–Kier alpha value is -3.77. The van der Waals surface area contributed by atoms with Crippen molar-refractivity contribution in [1.82, 2.24) is 4.90 Å². The zero-order chi connectivity index (χ0) is 23.9. The molecule has 0 aliphatic heterocycles. The number of rotatable bonds is 10. The van der Waals surface area contributed by atoms with Gasteiger partial charge in [0.15, 0.2) is 16.8 Å². The van der Waals surface area contributed by atoms with Crippen molar-refractivity contribution >= 4 is 11.0 Å². The van der Waals surface area contributed by atoms with Crippen LogP contribution in [0.5, 0.6) is 17.2 Å². The summed E-state index contributed by atoms with van der Waals surface area (Å²) < 4.78 is 18.3. The summed E-state index contributed by atoms with van der Waals surface area (Å²) in [7, 11) is 4.06. The van der Waals surface area contributed by atoms with Gasteiger partial charge in [-0.3, -0.25) is 4.79 Å². The fourth-order valence-electron chi connectivity index (χ4n) is 3.70. The van der Waals surface area contributed by atoms with E-state index in [1.165, 1.54) is 12.1 Å². The molecule has 6 nitrogen and oxygen atoms in total. The quantitative estimate of drug-likeness (QED) is 0.317. The van der Waals surface area contributed by atoms with Crippen molar-refractivity contribution in [3.63, 3.8) is 0 Å². The van der Waals surface area contributed by atoms with Crippen LogP contribution in [0.3, 0.4) is 0 Å². The molecule has 0 atom stereocenters. The zero-order valence-electron chi connectivity index (χ0n) is 19.5. The molecule has 1 N–H and O–H groups in total. The number of phenolic OH excluding ortho intramolecular Hbond substituents is 1. The van der Waals surface area contributed by atoms with Crippen molar-refractivity contribution < 1.29 is 19.0 Å². The van der Waals surface area contributed by atoms with Crippen LogP contribution >= 0.6 is 0 Å². The van der Waals surface area contributed by atoms with E-state index in [4.69, 9.17) is 13.9 Å². The third kappa shape index (κ3) is 5.58. The lowest BCUT2D eigenvalue weighted by Crippen LogP contribution is -2.14. The second-order valence-corrected chi connectivity index (χ2v) is 8.40. The van der Waals surface area contributed by atoms with E-state index in [9.17, 15) is 9.90 Å². The van der Waals surface area contributed by atoms with Gasteiger partial charge in [0.25, 0.3) is 0 Å². The topological polar surface area (TPSA) is 72.1 Å². The van der Waals surface area contributed by atoms with Crippen LogP contribution in [-0.4, -0.2) is 37.3 Å². The average molecular weight is 460 g/mol. The lowest BCUT2D eigenvalue weighted by Gasteiger charge is -2.16. The molecule has 0 fully saturated rings. The van der Waals surface area contributed by atoms with Crippen LogP contribution in [0.25, 0.3) is 22.3 Å². The van der Waals surface area contributed by atoms with E-state index >= 15 is 0 Å². The molecule has 0 aliphatic carbocycles. The molecular weight excluding hydrogens is 430 g/mol. The lowest BCUT2D eigenvalue weighted by atomic mass is 10.1. The number of aromatic hydroxyl groups is 1. The summed E-state index contributed by atoms with van der Waals surface area (Å²) in [5.41, 5.74) is 1.57. The molecule has 34 heavy (non-hydrogen) atoms. The summed E-state index contributed by atoms with van der Waals surface area (Å²) in [6.45, 7) is 1.66. The molecule has 0 unspecified atom stereocenters. The molecule has 6 heteroatoms. The van der Waals surface area contributed by atoms with Crippen molar-refractivity contribution in [2.24, 2.45) is 0 Å². The first kappa shape index (κ1) is 23.4. The number of phenols is 1. The lowest BCUT2D eigenvalue weighted by molar-refractivity contribution is 0.253. The second-order valence-electron chi connectivity index (χ2n) is 8.40. The first-order valence-corrected chi connectivity index (χ1v) is 11.4. The van der Waals surface area contributed by atoms with Gasteiger partial charge in [0, 0.05) is 17.7 Å². The molecule has 3 aromatic carbocycles. The number of nitrogens with zero attached hydrogens (tertiary/aromatic N) is 1. The number of hydrogen-bond donors (Lipinski definition) is 1. The minimum Gasteiger partial charge on any atom is -0.507 e. The minimum absolute atomic E-state index is 0.0787. The molecule has 1 heterocycles. The summed E-state index contributed by atoms with van der Waals surface area (Å²) in [6, 6.07) is 21.9. The van der Waals surface area contributed by atoms with Gasteiger partial charge in [-0.15, -0.1) is 0 Å². The highest BCUT2D eigenvalue weighted by atomic mass is 16.5. The summed E-state index contributed by atoms with van der Waals surface area (Å²) in [5.74, 6) is 0.847. The first-order valence-electron chi connectivity index (χ1n) is 11.4. The van der Waals surface area contributed by atoms with Gasteiger partial charge in [-0.25, -0.2) is 0 Å². The van der Waals surface area contributed by atoms with Crippen LogP contribution in [0.15, 0.2) is 82.0 Å². The van der Waals surface area contributed by atoms with Gasteiger partial charge in [0.05, 0.1) is 6.61 Å². The molecule has 176 valence electrons. The molecule has 4 rings (SSSR count). The van der Waals surface area contributed by atoms with E-state index in [1.807, 2.05) is 74.8 Å². The predicted molar refractivity (Wildman–Crippen MR) is 134 cm³/mol. The molecule has 0 spiro atoms. The first-order chi connectivity index (χ1) is 16.5. The third-order valence-corrected chi connectivity index (χ3v) is 5.44. The maximum atomic E-state index is 13.0. The largest absolute Gasteiger partial charge is 0.507 e. The SMILES string of the molecule is CN(C)CCCCOc1c(OCc2ccccc2)cc(O)c2c(=O)cc(-c3ccccc3)oc12. The fraction of sp³-hybridized carbons (Fsp3) is 0.250. The summed E-state index contributed by atoms with van der Waals surface area (Å²) in [5, 5.41) is 10.8. The number of hydrogen-bond acceptors (Lipinski definition) is 6. The van der Waals surface area contributed by atoms with E-state index in [0.29, 0.717) is 23.9 Å². The standard InChI is InChI=1S/C28H29NO5/c1-29(2)15-9-10-16-32-27-25(33-19-20-11-5-3-6-12-20)18-23(31)26-22(30)17-24(34-28(26)27)21-13-7-4-8-14-21/h3-8,11-14,17-18,31H,9-10,15-16,19H2,1-2H3. The molecule has 0 bridgehead atoms. The van der Waals surface area contributed by atoms with E-state index in [0.717, 1.165) is 30.5 Å². The Balaban J connectivity index is 1.74. The van der Waals surface area contributed by atoms with Crippen LogP contribution in [0.2, 0.25) is 0 Å². The highest BCUT2D eigenvalue weighted by Gasteiger charge is 2.21. The van der Waals surface area contributed by atoms with Gasteiger partial charge >= 0.3 is 0 Å². The highest BCUT2D eigenvalue weighted by molar-refractivity contribution is 5.91. The van der Waals surface area contributed by atoms with Gasteiger partial charge < -0.3 is 23.9 Å². The fourth-order valence-corrected chi connectivity index (χ4v) is 3.70. The molecule has 1 aromatic heterocycles. The Labute approximate surface area is 199 Å². The second kappa shape index (κ2) is 10.9. The smallest absolute Gasteiger partial charge is 0.205 e. The summed E-state index contributed by atoms with van der Waals surface area (Å²) >= 11 is 0. The average Bonchev–Trinajstić information content (AvgIpc) is 2.84. The summed E-state index contributed by atoms with van der Waals surface area (Å²) in [4.78, 5) is 15.1. The van der Waals surface area contributed by atoms with Gasteiger partial charge in [-0.05, 0) is 39.0 Å². The monoisotopic (exact) mass is 459 g/mol. The number of ether oxygens (including phenoxy) is 2. The van der Waals surface area contributed by atoms with Crippen LogP contribution in [0.4, 0.5) is 0 Å². The van der Waals surface area contributed by atoms with Gasteiger partial charge in [0.1, 0.15) is 23.5 Å². The van der Waals surface area contributed by atoms with Gasteiger partial charge in [-0.1, -0.05) is 60.7 Å². The number of benzene rings is 3. The van der Waals surface area contributed by atoms with E-state index < -0.39 is 0 Å². The molecule has 0 amide bonds. The molecular formula is C28H29NO5. The number of unbranched alkanes of at least 4 members (excludes halogenated alkanes) is 1. The normalized spacial score (nSPS) is 11.1. The minimum atomic E-state index is -0.343. The molecule has 0 aliphatic rings. The van der Waals surface area contributed by atoms with Gasteiger partial charge in [-0.2, -0.15) is 0 Å². The molecule has 0 saturated heterocycles. The Morgan fingerprint density at radius 2 is 1.62 bits per heavy atom. The molecule has 0 radical (unpaired) electrons. The van der Waals surface area contributed by atoms with Crippen molar-refractivity contribution in [2.75, 3.05) is 27.2 Å². The van der Waals surface area contributed by atoms with E-state index in [2.05, 4.69) is 4.90 Å². The van der Waals surface area contributed by atoms with Crippen LogP contribution in [-0.2, 0) is 6.61 Å². The Bertz CT molecular complexity index is 1280. The molecule has 4 aromatic rings. The Kier molecular flexibility index (Phi) is 7.50. The van der Waals surface area contributed by atoms with E-state index in [1.54, 1.807) is 0 Å². The molecule has 0 saturated carbocycles. The third-order valence-electron chi connectivity index (χ3n) is 5.44. The highest BCUT2D eigenvalue weighted by Crippen LogP contribution is 2.41. The van der Waals surface area contributed by atoms with Gasteiger partial charge in [0.2, 0.25) is 5.75 Å². The van der Waals surface area contributed by atoms with E-state index in [-0.39, 0.29) is 28.8 Å². The van der Waals surface area contributed by atoms with Crippen LogP contribution < -0.4 is 14.9 Å². The van der Waals surface area contributed by atoms with Crippen LogP contribution in [0.1, 0.15) is 18.4 Å². The maximum Gasteiger partial charge on any atom is 0.205 e. The summed E-state index contributed by atoms with van der Waals surface area (Å²) in [6.07, 6.45) is 1.78. The number of fused-ring (bicyclic) bond motifs is 1. The predicted octanol–water partition coefficient (Wildman–Crippen LogP) is 5.47. The van der Waals surface area contributed by atoms with Crippen molar-refractivity contribution in [3.05, 3.63) is 88.6 Å². The zero-order valence-corrected chi connectivity index (χ0v) is 19.5. The Morgan fingerprint density at radius 1 is 0.912 bits per heavy atom. The van der Waals surface area contributed by atoms with Crippen LogP contribution in [0, 0.1) is 0 Å².